The number of amidine groups is 1. The topological polar surface area (TPSA) is 80.2 Å². The number of halogens is 1. The fourth-order valence-corrected chi connectivity index (χ4v) is 4.69. The highest BCUT2D eigenvalue weighted by Gasteiger charge is 2.37. The van der Waals surface area contributed by atoms with E-state index in [0.717, 1.165) is 16.3 Å². The number of carbonyl (C=O) groups excluding carboxylic acids is 2. The highest BCUT2D eigenvalue weighted by Crippen LogP contribution is 2.41. The van der Waals surface area contributed by atoms with E-state index in [-0.39, 0.29) is 31.1 Å². The van der Waals surface area contributed by atoms with Crippen molar-refractivity contribution in [3.8, 4) is 5.75 Å². The molecule has 9 heteroatoms. The first kappa shape index (κ1) is 23.9. The zero-order chi connectivity index (χ0) is 24.2. The molecule has 0 spiro atoms. The predicted octanol–water partition coefficient (Wildman–Crippen LogP) is 5.43. The first-order valence-electron chi connectivity index (χ1n) is 10.7. The number of rotatable bonds is 7. The maximum atomic E-state index is 12.7. The molecule has 176 valence electrons. The lowest BCUT2D eigenvalue weighted by molar-refractivity contribution is -0.139. The summed E-state index contributed by atoms with van der Waals surface area (Å²) in [5.74, 6) is -0.132. The summed E-state index contributed by atoms with van der Waals surface area (Å²) in [4.78, 5) is 31.6. The van der Waals surface area contributed by atoms with Gasteiger partial charge in [-0.05, 0) is 61.6 Å². The largest absolute Gasteiger partial charge is 0.484 e. The van der Waals surface area contributed by atoms with E-state index >= 15 is 0 Å². The molecule has 0 aromatic heterocycles. The van der Waals surface area contributed by atoms with Gasteiger partial charge in [-0.2, -0.15) is 0 Å². The summed E-state index contributed by atoms with van der Waals surface area (Å²) >= 11 is 7.61. The van der Waals surface area contributed by atoms with Crippen LogP contribution >= 0.6 is 23.4 Å². The number of carbonyl (C=O) groups is 2. The van der Waals surface area contributed by atoms with Gasteiger partial charge >= 0.3 is 5.97 Å². The van der Waals surface area contributed by atoms with Gasteiger partial charge in [-0.25, -0.2) is 9.79 Å². The van der Waals surface area contributed by atoms with Crippen LogP contribution in [0.1, 0.15) is 31.0 Å². The number of benzene rings is 2. The molecule has 2 aromatic rings. The van der Waals surface area contributed by atoms with Crippen LogP contribution in [0.15, 0.2) is 70.3 Å². The number of thioether (sulfide) groups is 1. The minimum absolute atomic E-state index is 0.149. The Morgan fingerprint density at radius 2 is 1.94 bits per heavy atom. The minimum Gasteiger partial charge on any atom is -0.484 e. The normalized spacial score (nSPS) is 16.8. The fourth-order valence-electron chi connectivity index (χ4n) is 3.72. The van der Waals surface area contributed by atoms with Crippen molar-refractivity contribution in [2.75, 3.05) is 18.5 Å². The maximum Gasteiger partial charge on any atom is 0.338 e. The molecule has 0 fully saturated rings. The van der Waals surface area contributed by atoms with E-state index in [1.54, 1.807) is 37.3 Å². The number of anilines is 1. The van der Waals surface area contributed by atoms with Crippen LogP contribution in [0.5, 0.6) is 5.75 Å². The van der Waals surface area contributed by atoms with E-state index < -0.39 is 0 Å². The van der Waals surface area contributed by atoms with Gasteiger partial charge in [-0.3, -0.25) is 4.79 Å². The molecule has 0 bridgehead atoms. The van der Waals surface area contributed by atoms with Crippen molar-refractivity contribution in [3.05, 3.63) is 81.5 Å². The molecule has 1 N–H and O–H groups in total. The summed E-state index contributed by atoms with van der Waals surface area (Å²) in [6.45, 7) is 5.58. The van der Waals surface area contributed by atoms with E-state index in [9.17, 15) is 9.59 Å². The van der Waals surface area contributed by atoms with Gasteiger partial charge in [0.25, 0.3) is 5.91 Å². The Bertz CT molecular complexity index is 1210. The second kappa shape index (κ2) is 10.4. The van der Waals surface area contributed by atoms with Gasteiger partial charge in [0.05, 0.1) is 23.9 Å². The Hall–Kier alpha value is -3.23. The van der Waals surface area contributed by atoms with Gasteiger partial charge in [-0.15, -0.1) is 0 Å². The molecule has 0 aliphatic carbocycles. The van der Waals surface area contributed by atoms with Crippen LogP contribution < -0.4 is 10.1 Å². The SMILES string of the molecule is CCOC(=O)C1=C(C)N=C2SC=CN2[C@@H]1c1ccc(OCC(=O)Nc2cccc(Cl)c2C)cc1. The van der Waals surface area contributed by atoms with E-state index in [1.165, 1.54) is 11.8 Å². The maximum absolute atomic E-state index is 12.7. The highest BCUT2D eigenvalue weighted by atomic mass is 35.5. The molecule has 2 aliphatic rings. The lowest BCUT2D eigenvalue weighted by atomic mass is 9.95. The summed E-state index contributed by atoms with van der Waals surface area (Å²) in [5, 5.41) is 6.14. The first-order chi connectivity index (χ1) is 16.4. The second-order valence-electron chi connectivity index (χ2n) is 7.65. The Kier molecular flexibility index (Phi) is 7.29. The number of fused-ring (bicyclic) bond motifs is 1. The number of hydrogen-bond acceptors (Lipinski definition) is 7. The summed E-state index contributed by atoms with van der Waals surface area (Å²) < 4.78 is 11.0. The van der Waals surface area contributed by atoms with Crippen molar-refractivity contribution in [1.82, 2.24) is 4.90 Å². The van der Waals surface area contributed by atoms with Crippen LogP contribution in [0.3, 0.4) is 0 Å². The molecule has 2 heterocycles. The van der Waals surface area contributed by atoms with Crippen LogP contribution in [0.25, 0.3) is 0 Å². The molecule has 7 nitrogen and oxygen atoms in total. The first-order valence-corrected chi connectivity index (χ1v) is 12.0. The van der Waals surface area contributed by atoms with Crippen molar-refractivity contribution < 1.29 is 19.1 Å². The summed E-state index contributed by atoms with van der Waals surface area (Å²) in [6, 6.07) is 12.3. The summed E-state index contributed by atoms with van der Waals surface area (Å²) in [6.07, 6.45) is 1.91. The molecule has 0 unspecified atom stereocenters. The van der Waals surface area contributed by atoms with Crippen molar-refractivity contribution in [2.45, 2.75) is 26.8 Å². The molecule has 1 atom stereocenters. The quantitative estimate of drug-likeness (QED) is 0.513. The molecule has 0 saturated carbocycles. The van der Waals surface area contributed by atoms with Gasteiger partial charge < -0.3 is 19.7 Å². The number of esters is 1. The molecule has 1 amide bonds. The molecular formula is C25H24ClN3O4S. The van der Waals surface area contributed by atoms with Crippen LogP contribution in [0, 0.1) is 6.92 Å². The molecule has 4 rings (SSSR count). The molecule has 2 aliphatic heterocycles. The fraction of sp³-hybridized carbons (Fsp3) is 0.240. The average Bonchev–Trinajstić information content (AvgIpc) is 3.28. The number of nitrogens with zero attached hydrogens (tertiary/aromatic N) is 2. The average molecular weight is 498 g/mol. The smallest absolute Gasteiger partial charge is 0.338 e. The predicted molar refractivity (Wildman–Crippen MR) is 135 cm³/mol. The van der Waals surface area contributed by atoms with Crippen LogP contribution in [0.2, 0.25) is 5.02 Å². The number of ether oxygens (including phenoxy) is 2. The van der Waals surface area contributed by atoms with Crippen LogP contribution in [-0.2, 0) is 14.3 Å². The standard InChI is InChI=1S/C25H24ClN3O4S/c1-4-32-24(31)22-16(3)27-25-29(12-13-34-25)23(22)17-8-10-18(11-9-17)33-14-21(30)28-20-7-5-6-19(26)15(20)2/h5-13,23H,4,14H2,1-3H3,(H,28,30)/t23-/m1/s1. The van der Waals surface area contributed by atoms with Gasteiger partial charge in [-0.1, -0.05) is 41.6 Å². The zero-order valence-corrected chi connectivity index (χ0v) is 20.6. The summed E-state index contributed by atoms with van der Waals surface area (Å²) in [5.41, 5.74) is 3.47. The third-order valence-corrected chi connectivity index (χ3v) is 6.60. The van der Waals surface area contributed by atoms with Gasteiger partial charge in [0.1, 0.15) is 5.75 Å². The molecule has 2 aromatic carbocycles. The Labute approximate surface area is 207 Å². The van der Waals surface area contributed by atoms with Crippen LogP contribution in [0.4, 0.5) is 5.69 Å². The number of hydrogen-bond donors (Lipinski definition) is 1. The highest BCUT2D eigenvalue weighted by molar-refractivity contribution is 8.16. The molecule has 0 radical (unpaired) electrons. The van der Waals surface area contributed by atoms with Crippen molar-refractivity contribution >= 4 is 46.1 Å². The van der Waals surface area contributed by atoms with Gasteiger partial charge in [0.2, 0.25) is 0 Å². The van der Waals surface area contributed by atoms with E-state index in [2.05, 4.69) is 10.3 Å². The van der Waals surface area contributed by atoms with Crippen LogP contribution in [-0.4, -0.2) is 35.2 Å². The summed E-state index contributed by atoms with van der Waals surface area (Å²) in [7, 11) is 0. The third kappa shape index (κ3) is 4.98. The Balaban J connectivity index is 1.47. The lowest BCUT2D eigenvalue weighted by Gasteiger charge is -2.33. The van der Waals surface area contributed by atoms with E-state index in [0.29, 0.717) is 27.7 Å². The number of amides is 1. The Morgan fingerprint density at radius 3 is 2.68 bits per heavy atom. The monoisotopic (exact) mass is 497 g/mol. The second-order valence-corrected chi connectivity index (χ2v) is 8.93. The number of allylic oxidation sites excluding steroid dienone is 1. The number of nitrogens with one attached hydrogen (secondary N) is 1. The molecule has 34 heavy (non-hydrogen) atoms. The zero-order valence-electron chi connectivity index (χ0n) is 19.0. The lowest BCUT2D eigenvalue weighted by Crippen LogP contribution is -2.34. The van der Waals surface area contributed by atoms with Gasteiger partial charge in [0.15, 0.2) is 11.8 Å². The van der Waals surface area contributed by atoms with Crippen molar-refractivity contribution in [1.29, 1.82) is 0 Å². The van der Waals surface area contributed by atoms with Crippen molar-refractivity contribution in [2.24, 2.45) is 4.99 Å². The van der Waals surface area contributed by atoms with E-state index in [4.69, 9.17) is 21.1 Å². The third-order valence-electron chi connectivity index (χ3n) is 5.42. The Morgan fingerprint density at radius 1 is 1.18 bits per heavy atom. The van der Waals surface area contributed by atoms with Crippen molar-refractivity contribution in [3.63, 3.8) is 0 Å². The minimum atomic E-state index is -0.383. The molecule has 0 saturated heterocycles. The van der Waals surface area contributed by atoms with Gasteiger partial charge in [0, 0.05) is 16.9 Å². The number of aliphatic imine (C=N–C) groups is 1. The van der Waals surface area contributed by atoms with E-state index in [1.807, 2.05) is 42.5 Å². The molecular weight excluding hydrogens is 474 g/mol.